The zero-order valence-corrected chi connectivity index (χ0v) is 18.8. The normalized spacial score (nSPS) is 11.7. The molecule has 2 aromatic carbocycles. The Labute approximate surface area is 193 Å². The summed E-state index contributed by atoms with van der Waals surface area (Å²) in [5, 5.41) is 4.14. The molecule has 0 saturated carbocycles. The van der Waals surface area contributed by atoms with Crippen molar-refractivity contribution in [3.05, 3.63) is 77.1 Å². The highest BCUT2D eigenvalue weighted by Crippen LogP contribution is 2.31. The molecule has 13 heteroatoms. The van der Waals surface area contributed by atoms with E-state index < -0.39 is 33.6 Å². The number of sulfonamides is 1. The predicted octanol–water partition coefficient (Wildman–Crippen LogP) is 2.78. The monoisotopic (exact) mass is 495 g/mol. The maximum absolute atomic E-state index is 12.8. The number of carbonyl (C=O) groups excluding carboxylic acids is 2. The first kappa shape index (κ1) is 24.8. The molecule has 0 bridgehead atoms. The van der Waals surface area contributed by atoms with Crippen molar-refractivity contribution in [2.75, 3.05) is 4.72 Å². The van der Waals surface area contributed by atoms with Crippen LogP contribution >= 0.6 is 0 Å². The maximum atomic E-state index is 12.8. The number of nitrogens with zero attached hydrogens (tertiary/aromatic N) is 2. The van der Waals surface area contributed by atoms with Gasteiger partial charge in [0.1, 0.15) is 6.54 Å². The number of hydrogen-bond acceptors (Lipinski definition) is 5. The van der Waals surface area contributed by atoms with E-state index in [1.165, 1.54) is 22.9 Å². The number of benzene rings is 2. The molecule has 2 amide bonds. The minimum atomic E-state index is -4.62. The molecule has 0 spiro atoms. The lowest BCUT2D eigenvalue weighted by Crippen LogP contribution is -2.43. The standard InChI is InChI=1S/C21H20F3N5O4S/c1-13-10-14(2)29(27-13)12-19(30)25-26-20(31)15-6-8-18(9-7-15)34(32,33)28-17-5-3-4-16(11-17)21(22,23)24/h3-11,28H,12H2,1-2H3,(H,25,30)(H,26,31). The van der Waals surface area contributed by atoms with Gasteiger partial charge in [-0.1, -0.05) is 6.07 Å². The summed E-state index contributed by atoms with van der Waals surface area (Å²) >= 11 is 0. The van der Waals surface area contributed by atoms with Crippen LogP contribution in [0.2, 0.25) is 0 Å². The van der Waals surface area contributed by atoms with Crippen LogP contribution in [0.1, 0.15) is 27.3 Å². The van der Waals surface area contributed by atoms with Crippen LogP contribution in [0.4, 0.5) is 18.9 Å². The van der Waals surface area contributed by atoms with Crippen LogP contribution in [0, 0.1) is 13.8 Å². The van der Waals surface area contributed by atoms with Gasteiger partial charge in [0, 0.05) is 16.9 Å². The van der Waals surface area contributed by atoms with Gasteiger partial charge in [-0.15, -0.1) is 0 Å². The van der Waals surface area contributed by atoms with Gasteiger partial charge in [-0.3, -0.25) is 29.8 Å². The van der Waals surface area contributed by atoms with E-state index in [1.807, 2.05) is 0 Å². The number of nitrogens with one attached hydrogen (secondary N) is 3. The van der Waals surface area contributed by atoms with E-state index in [2.05, 4.69) is 20.7 Å². The lowest BCUT2D eigenvalue weighted by Gasteiger charge is -2.12. The fourth-order valence-corrected chi connectivity index (χ4v) is 4.02. The Bertz CT molecular complexity index is 1320. The summed E-state index contributed by atoms with van der Waals surface area (Å²) in [6.45, 7) is 3.45. The van der Waals surface area contributed by atoms with Crippen LogP contribution < -0.4 is 15.6 Å². The van der Waals surface area contributed by atoms with Crippen molar-refractivity contribution in [1.29, 1.82) is 0 Å². The molecule has 34 heavy (non-hydrogen) atoms. The number of alkyl halides is 3. The second kappa shape index (κ2) is 9.55. The molecular formula is C21H20F3N5O4S. The third-order valence-electron chi connectivity index (χ3n) is 4.58. The zero-order valence-electron chi connectivity index (χ0n) is 18.0. The second-order valence-electron chi connectivity index (χ2n) is 7.30. The molecule has 1 aromatic heterocycles. The molecule has 180 valence electrons. The molecule has 3 aromatic rings. The van der Waals surface area contributed by atoms with Gasteiger partial charge < -0.3 is 0 Å². The molecule has 0 saturated heterocycles. The number of aromatic nitrogens is 2. The number of hydrazine groups is 1. The molecule has 3 rings (SSSR count). The predicted molar refractivity (Wildman–Crippen MR) is 116 cm³/mol. The summed E-state index contributed by atoms with van der Waals surface area (Å²) in [5.74, 6) is -1.22. The molecule has 0 aliphatic carbocycles. The Morgan fingerprint density at radius 1 is 1.00 bits per heavy atom. The lowest BCUT2D eigenvalue weighted by molar-refractivity contribution is -0.137. The largest absolute Gasteiger partial charge is 0.416 e. The number of halogens is 3. The highest BCUT2D eigenvalue weighted by molar-refractivity contribution is 7.92. The van der Waals surface area contributed by atoms with Crippen LogP contribution in [-0.2, 0) is 27.5 Å². The van der Waals surface area contributed by atoms with Crippen molar-refractivity contribution in [1.82, 2.24) is 20.6 Å². The van der Waals surface area contributed by atoms with E-state index in [9.17, 15) is 31.2 Å². The Kier molecular flexibility index (Phi) is 6.96. The summed E-state index contributed by atoms with van der Waals surface area (Å²) in [6.07, 6.45) is -4.62. The molecule has 0 unspecified atom stereocenters. The van der Waals surface area contributed by atoms with Crippen molar-refractivity contribution in [2.45, 2.75) is 31.5 Å². The quantitative estimate of drug-likeness (QED) is 0.454. The number of rotatable bonds is 6. The fraction of sp³-hybridized carbons (Fsp3) is 0.190. The third-order valence-corrected chi connectivity index (χ3v) is 5.98. The van der Waals surface area contributed by atoms with Gasteiger partial charge in [-0.25, -0.2) is 8.42 Å². The smallest absolute Gasteiger partial charge is 0.280 e. The van der Waals surface area contributed by atoms with Crippen molar-refractivity contribution in [3.63, 3.8) is 0 Å². The first-order valence-corrected chi connectivity index (χ1v) is 11.2. The average Bonchev–Trinajstić information content (AvgIpc) is 3.07. The summed E-state index contributed by atoms with van der Waals surface area (Å²) in [6, 6.07) is 10.2. The van der Waals surface area contributed by atoms with E-state index in [4.69, 9.17) is 0 Å². The minimum absolute atomic E-state index is 0.0458. The average molecular weight is 495 g/mol. The first-order chi connectivity index (χ1) is 15.8. The van der Waals surface area contributed by atoms with E-state index in [-0.39, 0.29) is 22.7 Å². The van der Waals surface area contributed by atoms with E-state index in [0.29, 0.717) is 6.07 Å². The number of aryl methyl sites for hydroxylation is 2. The summed E-state index contributed by atoms with van der Waals surface area (Å²) in [5.41, 5.74) is 4.75. The first-order valence-electron chi connectivity index (χ1n) is 9.75. The van der Waals surface area contributed by atoms with E-state index >= 15 is 0 Å². The maximum Gasteiger partial charge on any atom is 0.416 e. The molecule has 0 aliphatic rings. The molecule has 0 radical (unpaired) electrons. The molecule has 1 heterocycles. The minimum Gasteiger partial charge on any atom is -0.280 e. The van der Waals surface area contributed by atoms with Crippen LogP contribution in [0.15, 0.2) is 59.5 Å². The molecule has 0 aliphatic heterocycles. The van der Waals surface area contributed by atoms with Crippen molar-refractivity contribution >= 4 is 27.5 Å². The van der Waals surface area contributed by atoms with Gasteiger partial charge in [-0.05, 0) is 62.4 Å². The second-order valence-corrected chi connectivity index (χ2v) is 8.98. The number of hydrogen-bond donors (Lipinski definition) is 3. The number of carbonyl (C=O) groups is 2. The Balaban J connectivity index is 1.61. The van der Waals surface area contributed by atoms with Crippen molar-refractivity contribution in [2.24, 2.45) is 0 Å². The molecule has 3 N–H and O–H groups in total. The Hall–Kier alpha value is -3.87. The van der Waals surface area contributed by atoms with Crippen molar-refractivity contribution in [3.8, 4) is 0 Å². The Morgan fingerprint density at radius 2 is 1.68 bits per heavy atom. The topological polar surface area (TPSA) is 122 Å². The summed E-state index contributed by atoms with van der Waals surface area (Å²) in [4.78, 5) is 24.0. The lowest BCUT2D eigenvalue weighted by atomic mass is 10.2. The molecule has 0 fully saturated rings. The van der Waals surface area contributed by atoms with Crippen LogP contribution in [0.25, 0.3) is 0 Å². The van der Waals surface area contributed by atoms with Crippen molar-refractivity contribution < 1.29 is 31.2 Å². The number of amides is 2. The van der Waals surface area contributed by atoms with Gasteiger partial charge in [-0.2, -0.15) is 18.3 Å². The van der Waals surface area contributed by atoms with E-state index in [1.54, 1.807) is 19.9 Å². The number of anilines is 1. The SMILES string of the molecule is Cc1cc(C)n(CC(=O)NNC(=O)c2ccc(S(=O)(=O)Nc3cccc(C(F)(F)F)c3)cc2)n1. The fourth-order valence-electron chi connectivity index (χ4n) is 2.97. The van der Waals surface area contributed by atoms with Crippen LogP contribution in [-0.4, -0.2) is 30.0 Å². The third kappa shape index (κ3) is 6.13. The molecular weight excluding hydrogens is 475 g/mol. The highest BCUT2D eigenvalue weighted by atomic mass is 32.2. The highest BCUT2D eigenvalue weighted by Gasteiger charge is 2.30. The van der Waals surface area contributed by atoms with E-state index in [0.717, 1.165) is 35.7 Å². The molecule has 9 nitrogen and oxygen atoms in total. The summed E-state index contributed by atoms with van der Waals surface area (Å²) in [7, 11) is -4.21. The van der Waals surface area contributed by atoms with Gasteiger partial charge >= 0.3 is 6.18 Å². The zero-order chi connectivity index (χ0) is 25.1. The Morgan fingerprint density at radius 3 is 2.26 bits per heavy atom. The van der Waals surface area contributed by atoms with Gasteiger partial charge in [0.05, 0.1) is 16.2 Å². The van der Waals surface area contributed by atoms with Gasteiger partial charge in [0.2, 0.25) is 0 Å². The summed E-state index contributed by atoms with van der Waals surface area (Å²) < 4.78 is 67.1. The van der Waals surface area contributed by atoms with Crippen LogP contribution in [0.5, 0.6) is 0 Å². The van der Waals surface area contributed by atoms with Gasteiger partial charge in [0.15, 0.2) is 0 Å². The van der Waals surface area contributed by atoms with Crippen LogP contribution in [0.3, 0.4) is 0 Å². The molecule has 0 atom stereocenters. The van der Waals surface area contributed by atoms with Gasteiger partial charge in [0.25, 0.3) is 21.8 Å².